The van der Waals surface area contributed by atoms with E-state index in [1.54, 1.807) is 18.2 Å². The van der Waals surface area contributed by atoms with Crippen LogP contribution in [0.4, 0.5) is 4.39 Å². The predicted molar refractivity (Wildman–Crippen MR) is 84.1 cm³/mol. The van der Waals surface area contributed by atoms with E-state index in [0.29, 0.717) is 18.3 Å². The maximum Gasteiger partial charge on any atom is 0.266 e. The quantitative estimate of drug-likeness (QED) is 0.944. The molecular formula is C17H20FN3O. The van der Waals surface area contributed by atoms with Crippen LogP contribution in [0.5, 0.6) is 0 Å². The number of piperidine rings is 1. The fraction of sp³-hybridized carbons (Fsp3) is 0.412. The van der Waals surface area contributed by atoms with Crippen LogP contribution in [0.2, 0.25) is 0 Å². The van der Waals surface area contributed by atoms with E-state index in [0.717, 1.165) is 24.9 Å². The predicted octanol–water partition coefficient (Wildman–Crippen LogP) is 2.58. The molecule has 1 saturated heterocycles. The third-order valence-electron chi connectivity index (χ3n) is 4.11. The first-order chi connectivity index (χ1) is 10.7. The third-order valence-corrected chi connectivity index (χ3v) is 4.11. The van der Waals surface area contributed by atoms with Gasteiger partial charge in [0.1, 0.15) is 5.82 Å². The molecule has 5 heteroatoms. The molecule has 0 spiro atoms. The monoisotopic (exact) mass is 301 g/mol. The first kappa shape index (κ1) is 14.9. The molecule has 1 aromatic heterocycles. The second-order valence-electron chi connectivity index (χ2n) is 5.72. The topological polar surface area (TPSA) is 46.9 Å². The van der Waals surface area contributed by atoms with E-state index in [-0.39, 0.29) is 11.4 Å². The van der Waals surface area contributed by atoms with Crippen LogP contribution in [0, 0.1) is 5.82 Å². The van der Waals surface area contributed by atoms with E-state index >= 15 is 0 Å². The first-order valence-corrected chi connectivity index (χ1v) is 7.80. The molecule has 1 unspecified atom stereocenters. The average molecular weight is 301 g/mol. The summed E-state index contributed by atoms with van der Waals surface area (Å²) in [6, 6.07) is 9.84. The van der Waals surface area contributed by atoms with Gasteiger partial charge < -0.3 is 5.32 Å². The minimum Gasteiger partial charge on any atom is -0.314 e. The Kier molecular flexibility index (Phi) is 4.63. The lowest BCUT2D eigenvalue weighted by Gasteiger charge is -2.23. The largest absolute Gasteiger partial charge is 0.314 e. The smallest absolute Gasteiger partial charge is 0.266 e. The second kappa shape index (κ2) is 6.83. The van der Waals surface area contributed by atoms with Gasteiger partial charge in [-0.05, 0) is 56.1 Å². The van der Waals surface area contributed by atoms with Gasteiger partial charge in [-0.1, -0.05) is 6.42 Å². The van der Waals surface area contributed by atoms with Crippen molar-refractivity contribution in [2.75, 3.05) is 6.54 Å². The summed E-state index contributed by atoms with van der Waals surface area (Å²) in [7, 11) is 0. The van der Waals surface area contributed by atoms with Crippen molar-refractivity contribution in [1.82, 2.24) is 15.1 Å². The Morgan fingerprint density at radius 3 is 2.73 bits per heavy atom. The molecule has 4 nitrogen and oxygen atoms in total. The number of nitrogens with zero attached hydrogens (tertiary/aromatic N) is 2. The number of aryl methyl sites for hydroxylation is 1. The molecule has 1 atom stereocenters. The number of hydrogen-bond acceptors (Lipinski definition) is 3. The van der Waals surface area contributed by atoms with E-state index < -0.39 is 0 Å². The van der Waals surface area contributed by atoms with E-state index in [2.05, 4.69) is 10.4 Å². The summed E-state index contributed by atoms with van der Waals surface area (Å²) in [5, 5.41) is 7.89. The summed E-state index contributed by atoms with van der Waals surface area (Å²) < 4.78 is 14.5. The highest BCUT2D eigenvalue weighted by Gasteiger charge is 2.13. The summed E-state index contributed by atoms with van der Waals surface area (Å²) in [6.45, 7) is 1.66. The van der Waals surface area contributed by atoms with Crippen LogP contribution >= 0.6 is 0 Å². The van der Waals surface area contributed by atoms with Crippen LogP contribution < -0.4 is 10.9 Å². The SMILES string of the molecule is O=c1ccc(-c2ccc(F)cc2)nn1CCC1CCCCN1. The maximum atomic E-state index is 13.0. The number of benzene rings is 1. The van der Waals surface area contributed by atoms with Gasteiger partial charge in [0.25, 0.3) is 5.56 Å². The van der Waals surface area contributed by atoms with E-state index in [1.807, 2.05) is 0 Å². The summed E-state index contributed by atoms with van der Waals surface area (Å²) >= 11 is 0. The fourth-order valence-electron chi connectivity index (χ4n) is 2.83. The van der Waals surface area contributed by atoms with Crippen LogP contribution in [0.1, 0.15) is 25.7 Å². The van der Waals surface area contributed by atoms with E-state index in [9.17, 15) is 9.18 Å². The van der Waals surface area contributed by atoms with Crippen molar-refractivity contribution < 1.29 is 4.39 Å². The molecule has 1 fully saturated rings. The van der Waals surface area contributed by atoms with Gasteiger partial charge in [0.05, 0.1) is 5.69 Å². The Bertz CT molecular complexity index is 675. The Hall–Kier alpha value is -2.01. The first-order valence-electron chi connectivity index (χ1n) is 7.80. The number of halogens is 1. The molecular weight excluding hydrogens is 281 g/mol. The average Bonchev–Trinajstić information content (AvgIpc) is 2.56. The van der Waals surface area contributed by atoms with Gasteiger partial charge in [0, 0.05) is 24.2 Å². The Morgan fingerprint density at radius 1 is 1.18 bits per heavy atom. The van der Waals surface area contributed by atoms with Crippen molar-refractivity contribution in [1.29, 1.82) is 0 Å². The van der Waals surface area contributed by atoms with Crippen molar-refractivity contribution in [3.8, 4) is 11.3 Å². The van der Waals surface area contributed by atoms with Gasteiger partial charge in [-0.2, -0.15) is 5.10 Å². The number of aromatic nitrogens is 2. The van der Waals surface area contributed by atoms with Gasteiger partial charge in [0.15, 0.2) is 0 Å². The lowest BCUT2D eigenvalue weighted by molar-refractivity contribution is 0.357. The molecule has 0 bridgehead atoms. The van der Waals surface area contributed by atoms with E-state index in [4.69, 9.17) is 0 Å². The molecule has 2 heterocycles. The standard InChI is InChI=1S/C17H20FN3O/c18-14-6-4-13(5-7-14)16-8-9-17(22)21(20-16)12-10-15-3-1-2-11-19-15/h4-9,15,19H,1-3,10-12H2. The zero-order valence-electron chi connectivity index (χ0n) is 12.5. The molecule has 1 N–H and O–H groups in total. The molecule has 2 aromatic rings. The van der Waals surface area contributed by atoms with Gasteiger partial charge in [-0.3, -0.25) is 4.79 Å². The zero-order valence-corrected chi connectivity index (χ0v) is 12.5. The molecule has 3 rings (SSSR count). The number of nitrogens with one attached hydrogen (secondary N) is 1. The van der Waals surface area contributed by atoms with Gasteiger partial charge in [0.2, 0.25) is 0 Å². The molecule has 0 amide bonds. The molecule has 22 heavy (non-hydrogen) atoms. The van der Waals surface area contributed by atoms with Crippen molar-refractivity contribution in [2.45, 2.75) is 38.3 Å². The summed E-state index contributed by atoms with van der Waals surface area (Å²) in [4.78, 5) is 11.9. The van der Waals surface area contributed by atoms with Crippen LogP contribution in [-0.4, -0.2) is 22.4 Å². The van der Waals surface area contributed by atoms with Crippen molar-refractivity contribution in [3.63, 3.8) is 0 Å². The van der Waals surface area contributed by atoms with Gasteiger partial charge in [-0.15, -0.1) is 0 Å². The van der Waals surface area contributed by atoms with Crippen LogP contribution in [0.3, 0.4) is 0 Å². The summed E-state index contributed by atoms with van der Waals surface area (Å²) in [6.07, 6.45) is 4.54. The van der Waals surface area contributed by atoms with Crippen molar-refractivity contribution in [3.05, 3.63) is 52.6 Å². The molecule has 0 aliphatic carbocycles. The van der Waals surface area contributed by atoms with Gasteiger partial charge >= 0.3 is 0 Å². The minimum absolute atomic E-state index is 0.0957. The molecule has 1 aliphatic heterocycles. The summed E-state index contributed by atoms with van der Waals surface area (Å²) in [5.41, 5.74) is 1.41. The van der Waals surface area contributed by atoms with Gasteiger partial charge in [-0.25, -0.2) is 9.07 Å². The van der Waals surface area contributed by atoms with Crippen LogP contribution in [0.15, 0.2) is 41.2 Å². The normalized spacial score (nSPS) is 18.3. The second-order valence-corrected chi connectivity index (χ2v) is 5.72. The molecule has 1 aromatic carbocycles. The third kappa shape index (κ3) is 3.60. The maximum absolute atomic E-state index is 13.0. The molecule has 1 aliphatic rings. The highest BCUT2D eigenvalue weighted by Crippen LogP contribution is 2.16. The fourth-order valence-corrected chi connectivity index (χ4v) is 2.83. The minimum atomic E-state index is -0.277. The highest BCUT2D eigenvalue weighted by atomic mass is 19.1. The Balaban J connectivity index is 1.74. The van der Waals surface area contributed by atoms with Crippen molar-refractivity contribution >= 4 is 0 Å². The lowest BCUT2D eigenvalue weighted by Crippen LogP contribution is -2.36. The lowest BCUT2D eigenvalue weighted by atomic mass is 10.0. The summed E-state index contributed by atoms with van der Waals surface area (Å²) in [5.74, 6) is -0.277. The van der Waals surface area contributed by atoms with Crippen molar-refractivity contribution in [2.24, 2.45) is 0 Å². The van der Waals surface area contributed by atoms with Crippen LogP contribution in [0.25, 0.3) is 11.3 Å². The van der Waals surface area contributed by atoms with E-state index in [1.165, 1.54) is 35.7 Å². The molecule has 116 valence electrons. The molecule has 0 radical (unpaired) electrons. The Morgan fingerprint density at radius 2 is 2.00 bits per heavy atom. The number of rotatable bonds is 4. The highest BCUT2D eigenvalue weighted by molar-refractivity contribution is 5.57. The Labute approximate surface area is 129 Å². The van der Waals surface area contributed by atoms with Crippen LogP contribution in [-0.2, 0) is 6.54 Å². The number of hydrogen-bond donors (Lipinski definition) is 1. The zero-order chi connectivity index (χ0) is 15.4. The molecule has 0 saturated carbocycles.